The topological polar surface area (TPSA) is 47.3 Å². The minimum absolute atomic E-state index is 0.0753. The Balaban J connectivity index is 2.10. The minimum Gasteiger partial charge on any atom is -0.495 e. The lowest BCUT2D eigenvalue weighted by Crippen LogP contribution is -1.90. The Kier molecular flexibility index (Phi) is 5.73. The van der Waals surface area contributed by atoms with E-state index in [0.717, 1.165) is 22.0 Å². The lowest BCUT2D eigenvalue weighted by molar-refractivity contribution is 0.305. The first kappa shape index (κ1) is 15.5. The van der Waals surface area contributed by atoms with Gasteiger partial charge in [0.25, 0.3) is 0 Å². The minimum atomic E-state index is 0.0753. The van der Waals surface area contributed by atoms with Crippen LogP contribution in [0.2, 0.25) is 0 Å². The number of aryl methyl sites for hydroxylation is 1. The molecule has 0 fully saturated rings. The van der Waals surface area contributed by atoms with Crippen LogP contribution in [0.15, 0.2) is 35.5 Å². The summed E-state index contributed by atoms with van der Waals surface area (Å²) < 4.78 is 7.11. The van der Waals surface area contributed by atoms with Gasteiger partial charge < -0.3 is 9.84 Å². The van der Waals surface area contributed by atoms with Gasteiger partial charge in [0.1, 0.15) is 5.75 Å². The maximum atomic E-state index is 8.79. The molecule has 0 saturated heterocycles. The summed E-state index contributed by atoms with van der Waals surface area (Å²) in [5, 5.41) is 12.9. The second-order valence-corrected chi connectivity index (χ2v) is 5.50. The van der Waals surface area contributed by atoms with Gasteiger partial charge >= 0.3 is 0 Å². The number of benzene rings is 1. The largest absolute Gasteiger partial charge is 0.495 e. The first-order valence-corrected chi connectivity index (χ1v) is 7.59. The molecule has 0 aliphatic carbocycles. The number of nitrogens with zero attached hydrogens (tertiary/aromatic N) is 2. The van der Waals surface area contributed by atoms with E-state index in [0.29, 0.717) is 6.42 Å². The Bertz CT molecular complexity index is 656. The first-order valence-electron chi connectivity index (χ1n) is 6.61. The van der Waals surface area contributed by atoms with Crippen molar-refractivity contribution in [2.45, 2.75) is 17.1 Å². The predicted octanol–water partition coefficient (Wildman–Crippen LogP) is 2.45. The van der Waals surface area contributed by atoms with Crippen molar-refractivity contribution in [2.24, 2.45) is 7.05 Å². The van der Waals surface area contributed by atoms with E-state index in [1.54, 1.807) is 23.6 Å². The molecule has 2 rings (SSSR count). The average molecular weight is 302 g/mol. The molecule has 1 aromatic heterocycles. The second-order valence-electron chi connectivity index (χ2n) is 4.45. The molecule has 0 aliphatic heterocycles. The third kappa shape index (κ3) is 4.55. The van der Waals surface area contributed by atoms with Crippen LogP contribution in [0, 0.1) is 11.8 Å². The van der Waals surface area contributed by atoms with Gasteiger partial charge in [-0.05, 0) is 17.7 Å². The Labute approximate surface area is 129 Å². The number of aromatic nitrogens is 2. The molecular weight excluding hydrogens is 284 g/mol. The molecule has 2 aromatic rings. The van der Waals surface area contributed by atoms with Crippen LogP contribution in [-0.4, -0.2) is 28.6 Å². The van der Waals surface area contributed by atoms with Crippen molar-refractivity contribution in [1.29, 1.82) is 0 Å². The van der Waals surface area contributed by atoms with E-state index < -0.39 is 0 Å². The molecule has 4 nitrogen and oxygen atoms in total. The van der Waals surface area contributed by atoms with Gasteiger partial charge in [0.2, 0.25) is 0 Å². The quantitative estimate of drug-likeness (QED) is 0.681. The molecule has 0 aliphatic rings. The van der Waals surface area contributed by atoms with E-state index in [-0.39, 0.29) is 6.61 Å². The number of thioether (sulfide) groups is 1. The van der Waals surface area contributed by atoms with Gasteiger partial charge in [-0.25, -0.2) is 0 Å². The maximum absolute atomic E-state index is 8.79. The fourth-order valence-corrected chi connectivity index (χ4v) is 2.66. The Morgan fingerprint density at radius 3 is 2.95 bits per heavy atom. The van der Waals surface area contributed by atoms with Crippen molar-refractivity contribution in [3.63, 3.8) is 0 Å². The predicted molar refractivity (Wildman–Crippen MR) is 84.3 cm³/mol. The summed E-state index contributed by atoms with van der Waals surface area (Å²) >= 11 is 1.73. The van der Waals surface area contributed by atoms with Crippen LogP contribution < -0.4 is 4.74 Å². The van der Waals surface area contributed by atoms with Gasteiger partial charge in [-0.3, -0.25) is 4.68 Å². The van der Waals surface area contributed by atoms with Gasteiger partial charge in [-0.15, -0.1) is 11.8 Å². The second kappa shape index (κ2) is 7.77. The first-order chi connectivity index (χ1) is 10.2. The summed E-state index contributed by atoms with van der Waals surface area (Å²) in [6.45, 7) is 0.0753. The van der Waals surface area contributed by atoms with E-state index in [2.05, 4.69) is 16.9 Å². The molecule has 0 atom stereocenters. The van der Waals surface area contributed by atoms with Gasteiger partial charge in [0.05, 0.1) is 25.5 Å². The van der Waals surface area contributed by atoms with Gasteiger partial charge in [-0.2, -0.15) is 5.10 Å². The molecule has 110 valence electrons. The normalized spacial score (nSPS) is 10.0. The van der Waals surface area contributed by atoms with E-state index in [1.165, 1.54) is 5.56 Å². The van der Waals surface area contributed by atoms with Crippen LogP contribution in [0.5, 0.6) is 5.75 Å². The molecular formula is C16H18N2O2S. The molecule has 1 heterocycles. The fourth-order valence-electron chi connectivity index (χ4n) is 1.80. The zero-order valence-electron chi connectivity index (χ0n) is 12.2. The number of ether oxygens (including phenoxy) is 1. The monoisotopic (exact) mass is 302 g/mol. The van der Waals surface area contributed by atoms with Crippen molar-refractivity contribution < 1.29 is 9.84 Å². The lowest BCUT2D eigenvalue weighted by atomic mass is 10.1. The van der Waals surface area contributed by atoms with Crippen molar-refractivity contribution in [3.8, 4) is 17.6 Å². The Hall–Kier alpha value is -1.90. The molecule has 0 bridgehead atoms. The van der Waals surface area contributed by atoms with Crippen molar-refractivity contribution in [1.82, 2.24) is 9.78 Å². The van der Waals surface area contributed by atoms with Gasteiger partial charge in [0, 0.05) is 30.3 Å². The molecule has 1 N–H and O–H groups in total. The maximum Gasteiger partial charge on any atom is 0.134 e. The van der Waals surface area contributed by atoms with Crippen molar-refractivity contribution >= 4 is 11.8 Å². The number of aliphatic hydroxyl groups excluding tert-OH is 1. The number of methoxy groups -OCH3 is 1. The molecule has 0 amide bonds. The van der Waals surface area contributed by atoms with Crippen LogP contribution in [0.1, 0.15) is 17.5 Å². The zero-order valence-corrected chi connectivity index (χ0v) is 13.0. The highest BCUT2D eigenvalue weighted by atomic mass is 32.2. The highest BCUT2D eigenvalue weighted by Gasteiger charge is 2.04. The molecule has 0 saturated carbocycles. The summed E-state index contributed by atoms with van der Waals surface area (Å²) in [6, 6.07) is 6.01. The average Bonchev–Trinajstić information content (AvgIpc) is 2.91. The van der Waals surface area contributed by atoms with E-state index in [9.17, 15) is 0 Å². The van der Waals surface area contributed by atoms with Gasteiger partial charge in [0.15, 0.2) is 0 Å². The Morgan fingerprint density at radius 2 is 2.29 bits per heavy atom. The van der Waals surface area contributed by atoms with Crippen LogP contribution in [0.4, 0.5) is 0 Å². The molecule has 0 radical (unpaired) electrons. The highest BCUT2D eigenvalue weighted by Crippen LogP contribution is 2.25. The zero-order chi connectivity index (χ0) is 15.1. The van der Waals surface area contributed by atoms with E-state index >= 15 is 0 Å². The van der Waals surface area contributed by atoms with E-state index in [1.807, 2.05) is 37.6 Å². The molecule has 1 aromatic carbocycles. The molecule has 21 heavy (non-hydrogen) atoms. The van der Waals surface area contributed by atoms with E-state index in [4.69, 9.17) is 9.84 Å². The van der Waals surface area contributed by atoms with Crippen molar-refractivity contribution in [2.75, 3.05) is 13.7 Å². The summed E-state index contributed by atoms with van der Waals surface area (Å²) in [5.41, 5.74) is 2.04. The van der Waals surface area contributed by atoms with Crippen LogP contribution in [0.3, 0.4) is 0 Å². The number of hydrogen-bond donors (Lipinski definition) is 1. The lowest BCUT2D eigenvalue weighted by Gasteiger charge is -2.06. The number of hydrogen-bond acceptors (Lipinski definition) is 4. The van der Waals surface area contributed by atoms with Crippen LogP contribution >= 0.6 is 11.8 Å². The molecule has 5 heteroatoms. The molecule has 0 spiro atoms. The smallest absolute Gasteiger partial charge is 0.134 e. The fraction of sp³-hybridized carbons (Fsp3) is 0.312. The third-order valence-electron chi connectivity index (χ3n) is 2.81. The highest BCUT2D eigenvalue weighted by molar-refractivity contribution is 7.98. The number of rotatable bonds is 5. The summed E-state index contributed by atoms with van der Waals surface area (Å²) in [5.74, 6) is 7.59. The number of aliphatic hydroxyl groups is 1. The molecule has 0 unspecified atom stereocenters. The Morgan fingerprint density at radius 1 is 1.43 bits per heavy atom. The summed E-state index contributed by atoms with van der Waals surface area (Å²) in [4.78, 5) is 1.14. The standard InChI is InChI=1S/C16H18N2O2S/c1-18-11-15(10-17-18)21-12-13-6-7-16(20-2)14(9-13)5-3-4-8-19/h6-7,9-11,19H,4,8,12H2,1-2H3. The van der Waals surface area contributed by atoms with Crippen molar-refractivity contribution in [3.05, 3.63) is 41.7 Å². The van der Waals surface area contributed by atoms with Gasteiger partial charge in [-0.1, -0.05) is 17.9 Å². The third-order valence-corrected chi connectivity index (χ3v) is 3.83. The SMILES string of the molecule is COc1ccc(CSc2cnn(C)c2)cc1C#CCCO. The van der Waals surface area contributed by atoms with Crippen LogP contribution in [-0.2, 0) is 12.8 Å². The van der Waals surface area contributed by atoms with Crippen LogP contribution in [0.25, 0.3) is 0 Å². The summed E-state index contributed by atoms with van der Waals surface area (Å²) in [6.07, 6.45) is 4.32. The summed E-state index contributed by atoms with van der Waals surface area (Å²) in [7, 11) is 3.54.